The van der Waals surface area contributed by atoms with E-state index in [1.165, 1.54) is 54.4 Å². The molecule has 0 amide bonds. The number of benzene rings is 2. The number of hydrogen-bond acceptors (Lipinski definition) is 7. The van der Waals surface area contributed by atoms with Crippen LogP contribution in [0.5, 0.6) is 17.2 Å². The van der Waals surface area contributed by atoms with E-state index < -0.39 is 42.0 Å². The van der Waals surface area contributed by atoms with Crippen molar-refractivity contribution in [2.24, 2.45) is 0 Å². The molecule has 3 aromatic rings. The minimum Gasteiger partial charge on any atom is -0.493 e. The van der Waals surface area contributed by atoms with Gasteiger partial charge in [0, 0.05) is 36.2 Å². The summed E-state index contributed by atoms with van der Waals surface area (Å²) < 4.78 is 79.1. The van der Waals surface area contributed by atoms with Crippen LogP contribution in [0.15, 0.2) is 69.6 Å². The molecule has 7 nitrogen and oxygen atoms in total. The van der Waals surface area contributed by atoms with Gasteiger partial charge < -0.3 is 19.3 Å². The van der Waals surface area contributed by atoms with Gasteiger partial charge in [0.2, 0.25) is 0 Å². The number of aliphatic hydroxyl groups is 1. The third-order valence-electron chi connectivity index (χ3n) is 5.18. The minimum absolute atomic E-state index is 0.0643. The van der Waals surface area contributed by atoms with Crippen molar-refractivity contribution in [1.29, 1.82) is 0 Å². The van der Waals surface area contributed by atoms with E-state index in [1.807, 2.05) is 0 Å². The molecule has 0 bridgehead atoms. The van der Waals surface area contributed by atoms with Gasteiger partial charge in [-0.15, -0.1) is 13.2 Å². The van der Waals surface area contributed by atoms with Crippen molar-refractivity contribution < 1.29 is 41.3 Å². The highest BCUT2D eigenvalue weighted by molar-refractivity contribution is 7.99. The van der Waals surface area contributed by atoms with Crippen LogP contribution in [0.4, 0.5) is 22.0 Å². The number of rotatable bonds is 8. The predicted molar refractivity (Wildman–Crippen MR) is 118 cm³/mol. The first-order valence-electron chi connectivity index (χ1n) is 10.4. The van der Waals surface area contributed by atoms with Crippen LogP contribution < -0.4 is 19.8 Å². The summed E-state index contributed by atoms with van der Waals surface area (Å²) >= 11 is 0.956. The zero-order valence-electron chi connectivity index (χ0n) is 18.6. The highest BCUT2D eigenvalue weighted by Gasteiger charge is 2.56. The van der Waals surface area contributed by atoms with E-state index in [4.69, 9.17) is 9.47 Å². The van der Waals surface area contributed by atoms with Gasteiger partial charge in [-0.05, 0) is 36.4 Å². The minimum atomic E-state index is -4.81. The van der Waals surface area contributed by atoms with Gasteiger partial charge in [-0.25, -0.2) is 13.8 Å². The van der Waals surface area contributed by atoms with Crippen molar-refractivity contribution in [1.82, 2.24) is 9.55 Å². The molecular weight excluding hydrogens is 511 g/mol. The Morgan fingerprint density at radius 2 is 1.81 bits per heavy atom. The first kappa shape index (κ1) is 25.8. The predicted octanol–water partition coefficient (Wildman–Crippen LogP) is 4.83. The van der Waals surface area contributed by atoms with E-state index in [0.29, 0.717) is 10.6 Å². The van der Waals surface area contributed by atoms with E-state index >= 15 is 0 Å². The smallest absolute Gasteiger partial charge is 0.493 e. The second kappa shape index (κ2) is 9.62. The van der Waals surface area contributed by atoms with Crippen LogP contribution in [0.25, 0.3) is 5.69 Å². The van der Waals surface area contributed by atoms with Gasteiger partial charge in [0.1, 0.15) is 18.0 Å². The third kappa shape index (κ3) is 6.08. The normalized spacial score (nSPS) is 16.2. The maximum Gasteiger partial charge on any atom is 0.573 e. The van der Waals surface area contributed by atoms with Gasteiger partial charge in [-0.1, -0.05) is 11.8 Å². The van der Waals surface area contributed by atoms with Gasteiger partial charge in [-0.3, -0.25) is 9.36 Å². The monoisotopic (exact) mass is 530 g/mol. The van der Waals surface area contributed by atoms with Gasteiger partial charge in [0.05, 0.1) is 12.8 Å². The van der Waals surface area contributed by atoms with Crippen molar-refractivity contribution in [3.63, 3.8) is 0 Å². The van der Waals surface area contributed by atoms with Crippen LogP contribution in [0.2, 0.25) is 0 Å². The molecule has 2 aromatic carbocycles. The maximum atomic E-state index is 13.1. The van der Waals surface area contributed by atoms with Crippen LogP contribution in [-0.4, -0.2) is 46.3 Å². The molecule has 4 rings (SSSR count). The average Bonchev–Trinajstić information content (AvgIpc) is 2.78. The molecule has 1 aliphatic rings. The topological polar surface area (TPSA) is 82.8 Å². The first-order valence-corrected chi connectivity index (χ1v) is 11.2. The number of nitrogens with zero attached hydrogens (tertiary/aromatic N) is 2. The molecule has 1 heterocycles. The van der Waals surface area contributed by atoms with Crippen LogP contribution in [0.1, 0.15) is 12.8 Å². The molecule has 0 spiro atoms. The molecule has 1 saturated carbocycles. The second-order valence-corrected chi connectivity index (χ2v) is 9.15. The molecule has 1 fully saturated rings. The molecule has 13 heteroatoms. The van der Waals surface area contributed by atoms with Crippen molar-refractivity contribution in [3.8, 4) is 22.9 Å². The van der Waals surface area contributed by atoms with Crippen molar-refractivity contribution in [2.45, 2.75) is 40.6 Å². The van der Waals surface area contributed by atoms with Gasteiger partial charge in [0.25, 0.3) is 11.5 Å². The standard InChI is InChI=1S/C23H19F5N2O5S/c1-33-18-10-14(2-7-17(18)34-13-21(32)11-22(24,25)12-21)30-9-8-29-19(20(30)31)36-16-5-3-15(4-6-16)35-23(26,27)28/h2-10,32H,11-13H2,1H3. The summed E-state index contributed by atoms with van der Waals surface area (Å²) in [6.07, 6.45) is -3.39. The molecule has 0 atom stereocenters. The molecule has 36 heavy (non-hydrogen) atoms. The maximum absolute atomic E-state index is 13.1. The fraction of sp³-hybridized carbons (Fsp3) is 0.304. The number of aromatic nitrogens is 2. The lowest BCUT2D eigenvalue weighted by Gasteiger charge is -2.42. The Bertz CT molecular complexity index is 1290. The largest absolute Gasteiger partial charge is 0.573 e. The number of methoxy groups -OCH3 is 1. The number of halogens is 5. The summed E-state index contributed by atoms with van der Waals surface area (Å²) in [7, 11) is 1.36. The zero-order chi connectivity index (χ0) is 26.1. The van der Waals surface area contributed by atoms with Crippen LogP contribution in [-0.2, 0) is 0 Å². The molecule has 192 valence electrons. The first-order chi connectivity index (χ1) is 16.9. The lowest BCUT2D eigenvalue weighted by molar-refractivity contribution is -0.274. The van der Waals surface area contributed by atoms with E-state index in [1.54, 1.807) is 0 Å². The lowest BCUT2D eigenvalue weighted by atomic mass is 9.77. The molecule has 0 saturated heterocycles. The second-order valence-electron chi connectivity index (χ2n) is 8.09. The summed E-state index contributed by atoms with van der Waals surface area (Å²) in [5, 5.41) is 10.2. The molecule has 1 N–H and O–H groups in total. The van der Waals surface area contributed by atoms with Gasteiger partial charge in [-0.2, -0.15) is 0 Å². The van der Waals surface area contributed by atoms with Crippen LogP contribution in [0.3, 0.4) is 0 Å². The Hall–Kier alpha value is -3.32. The quantitative estimate of drug-likeness (QED) is 0.418. The Morgan fingerprint density at radius 1 is 1.11 bits per heavy atom. The Morgan fingerprint density at radius 3 is 2.42 bits per heavy atom. The van der Waals surface area contributed by atoms with E-state index in [0.717, 1.165) is 23.9 Å². The fourth-order valence-corrected chi connectivity index (χ4v) is 4.43. The highest BCUT2D eigenvalue weighted by Crippen LogP contribution is 2.46. The highest BCUT2D eigenvalue weighted by atomic mass is 32.2. The Balaban J connectivity index is 1.50. The number of hydrogen-bond donors (Lipinski definition) is 1. The van der Waals surface area contributed by atoms with Crippen molar-refractivity contribution in [2.75, 3.05) is 13.7 Å². The van der Waals surface area contributed by atoms with Gasteiger partial charge in [0.15, 0.2) is 16.5 Å². The SMILES string of the molecule is COc1cc(-n2ccnc(Sc3ccc(OC(F)(F)F)cc3)c2=O)ccc1OCC1(O)CC(F)(F)C1. The van der Waals surface area contributed by atoms with Crippen LogP contribution in [0, 0.1) is 0 Å². The third-order valence-corrected chi connectivity index (χ3v) is 6.16. The molecule has 0 unspecified atom stereocenters. The summed E-state index contributed by atoms with van der Waals surface area (Å²) in [5.41, 5.74) is -1.74. The molecule has 0 aliphatic heterocycles. The number of alkyl halides is 5. The Labute approximate surface area is 205 Å². The van der Waals surface area contributed by atoms with Crippen molar-refractivity contribution in [3.05, 3.63) is 65.2 Å². The molecular formula is C23H19F5N2O5S. The molecule has 1 aromatic heterocycles. The Kier molecular flexibility index (Phi) is 6.88. The van der Waals surface area contributed by atoms with Crippen molar-refractivity contribution >= 4 is 11.8 Å². The van der Waals surface area contributed by atoms with Crippen LogP contribution >= 0.6 is 11.8 Å². The summed E-state index contributed by atoms with van der Waals surface area (Å²) in [6, 6.07) is 9.50. The average molecular weight is 530 g/mol. The summed E-state index contributed by atoms with van der Waals surface area (Å²) in [6.45, 7) is -0.346. The molecule has 0 radical (unpaired) electrons. The van der Waals surface area contributed by atoms with E-state index in [9.17, 15) is 31.9 Å². The summed E-state index contributed by atoms with van der Waals surface area (Å²) in [4.78, 5) is 17.5. The summed E-state index contributed by atoms with van der Waals surface area (Å²) in [5.74, 6) is -2.90. The fourth-order valence-electron chi connectivity index (χ4n) is 3.64. The van der Waals surface area contributed by atoms with E-state index in [-0.39, 0.29) is 23.1 Å². The molecule has 1 aliphatic carbocycles. The lowest BCUT2D eigenvalue weighted by Crippen LogP contribution is -2.55. The van der Waals surface area contributed by atoms with E-state index in [2.05, 4.69) is 9.72 Å². The number of ether oxygens (including phenoxy) is 3. The zero-order valence-corrected chi connectivity index (χ0v) is 19.4. The van der Waals surface area contributed by atoms with Gasteiger partial charge >= 0.3 is 6.36 Å².